The zero-order valence-electron chi connectivity index (χ0n) is 8.95. The Labute approximate surface area is 98.7 Å². The van der Waals surface area contributed by atoms with Gasteiger partial charge in [0.2, 0.25) is 5.91 Å². The summed E-state index contributed by atoms with van der Waals surface area (Å²) in [4.78, 5) is 33.8. The number of carbonyl (C=O) groups is 3. The molecule has 9 heteroatoms. The van der Waals surface area contributed by atoms with Gasteiger partial charge in [-0.2, -0.15) is 13.2 Å². The molecule has 2 N–H and O–H groups in total. The second kappa shape index (κ2) is 3.59. The van der Waals surface area contributed by atoms with E-state index < -0.39 is 54.9 Å². The Balaban J connectivity index is 2.24. The highest BCUT2D eigenvalue weighted by Crippen LogP contribution is 2.40. The summed E-state index contributed by atoms with van der Waals surface area (Å²) < 4.78 is 36.8. The minimum Gasteiger partial charge on any atom is -0.481 e. The van der Waals surface area contributed by atoms with E-state index in [0.717, 1.165) is 0 Å². The minimum absolute atomic E-state index is 0.408. The first-order valence-corrected chi connectivity index (χ1v) is 5.06. The Morgan fingerprint density at radius 3 is 2.50 bits per heavy atom. The molecular weight excluding hydrogens is 257 g/mol. The fraction of sp³-hybridized carbons (Fsp3) is 0.667. The molecule has 0 saturated carbocycles. The van der Waals surface area contributed by atoms with E-state index >= 15 is 0 Å². The zero-order valence-corrected chi connectivity index (χ0v) is 8.95. The first kappa shape index (κ1) is 12.7. The van der Waals surface area contributed by atoms with Crippen molar-refractivity contribution in [1.82, 2.24) is 10.2 Å². The van der Waals surface area contributed by atoms with Crippen LogP contribution in [0.3, 0.4) is 0 Å². The van der Waals surface area contributed by atoms with Crippen molar-refractivity contribution in [2.75, 3.05) is 13.1 Å². The highest BCUT2D eigenvalue weighted by molar-refractivity contribution is 5.92. The third-order valence-electron chi connectivity index (χ3n) is 3.31. The number of hydrogen-bond donors (Lipinski definition) is 2. The van der Waals surface area contributed by atoms with E-state index in [0.29, 0.717) is 4.90 Å². The number of aliphatic carboxylic acids is 1. The van der Waals surface area contributed by atoms with Crippen molar-refractivity contribution in [3.63, 3.8) is 0 Å². The molecule has 0 aromatic heterocycles. The number of amides is 2. The maximum absolute atomic E-state index is 12.3. The highest BCUT2D eigenvalue weighted by atomic mass is 19.4. The van der Waals surface area contributed by atoms with E-state index in [1.807, 2.05) is 0 Å². The summed E-state index contributed by atoms with van der Waals surface area (Å²) in [5, 5.41) is 11.4. The maximum atomic E-state index is 12.3. The minimum atomic E-state index is -5.04. The zero-order chi connectivity index (χ0) is 13.7. The predicted octanol–water partition coefficient (Wildman–Crippen LogP) is -0.650. The van der Waals surface area contributed by atoms with Crippen molar-refractivity contribution in [2.24, 2.45) is 5.41 Å². The molecule has 0 aromatic rings. The van der Waals surface area contributed by atoms with Crippen LogP contribution in [-0.4, -0.2) is 53.1 Å². The molecule has 0 radical (unpaired) electrons. The number of fused-ring (bicyclic) bond motifs is 1. The van der Waals surface area contributed by atoms with Gasteiger partial charge in [0, 0.05) is 19.5 Å². The number of alkyl halides is 3. The second-order valence-corrected chi connectivity index (χ2v) is 4.44. The largest absolute Gasteiger partial charge is 0.481 e. The molecule has 100 valence electrons. The van der Waals surface area contributed by atoms with Gasteiger partial charge in [-0.1, -0.05) is 0 Å². The van der Waals surface area contributed by atoms with Gasteiger partial charge in [0.15, 0.2) is 0 Å². The number of nitrogens with zero attached hydrogens (tertiary/aromatic N) is 1. The lowest BCUT2D eigenvalue weighted by atomic mass is 9.83. The van der Waals surface area contributed by atoms with Gasteiger partial charge in [-0.3, -0.25) is 14.4 Å². The predicted molar refractivity (Wildman–Crippen MR) is 49.3 cm³/mol. The Morgan fingerprint density at radius 2 is 2.06 bits per heavy atom. The van der Waals surface area contributed by atoms with E-state index in [2.05, 4.69) is 5.32 Å². The number of carbonyl (C=O) groups excluding carboxylic acids is 2. The molecule has 6 nitrogen and oxygen atoms in total. The van der Waals surface area contributed by atoms with E-state index in [1.165, 1.54) is 0 Å². The summed E-state index contributed by atoms with van der Waals surface area (Å²) in [6, 6.07) is -0.964. The quantitative estimate of drug-likeness (QED) is 0.660. The molecule has 2 amide bonds. The molecule has 2 rings (SSSR count). The summed E-state index contributed by atoms with van der Waals surface area (Å²) >= 11 is 0. The average molecular weight is 266 g/mol. The molecule has 0 spiro atoms. The Bertz CT molecular complexity index is 436. The molecule has 0 aliphatic carbocycles. The number of hydrogen-bond acceptors (Lipinski definition) is 3. The van der Waals surface area contributed by atoms with Crippen LogP contribution in [0.1, 0.15) is 6.42 Å². The fourth-order valence-electron chi connectivity index (χ4n) is 2.43. The van der Waals surface area contributed by atoms with Crippen LogP contribution in [0.2, 0.25) is 0 Å². The number of carboxylic acids is 1. The number of carboxylic acid groups (broad SMARTS) is 1. The van der Waals surface area contributed by atoms with Crippen molar-refractivity contribution >= 4 is 17.8 Å². The lowest BCUT2D eigenvalue weighted by molar-refractivity contribution is -0.185. The van der Waals surface area contributed by atoms with Crippen LogP contribution in [0, 0.1) is 5.41 Å². The smallest absolute Gasteiger partial charge is 0.471 e. The van der Waals surface area contributed by atoms with Gasteiger partial charge in [0.25, 0.3) is 0 Å². The van der Waals surface area contributed by atoms with Crippen LogP contribution >= 0.6 is 0 Å². The molecule has 2 saturated heterocycles. The van der Waals surface area contributed by atoms with Gasteiger partial charge in [-0.05, 0) is 0 Å². The number of rotatable bonds is 1. The molecule has 18 heavy (non-hydrogen) atoms. The second-order valence-electron chi connectivity index (χ2n) is 4.44. The van der Waals surface area contributed by atoms with E-state index in [4.69, 9.17) is 5.11 Å². The van der Waals surface area contributed by atoms with Crippen LogP contribution in [0.5, 0.6) is 0 Å². The summed E-state index contributed by atoms with van der Waals surface area (Å²) in [6.45, 7) is -1.04. The van der Waals surface area contributed by atoms with Gasteiger partial charge < -0.3 is 15.3 Å². The van der Waals surface area contributed by atoms with Crippen LogP contribution < -0.4 is 5.32 Å². The van der Waals surface area contributed by atoms with Crippen molar-refractivity contribution in [2.45, 2.75) is 18.6 Å². The fourth-order valence-corrected chi connectivity index (χ4v) is 2.43. The van der Waals surface area contributed by atoms with E-state index in [-0.39, 0.29) is 0 Å². The summed E-state index contributed by atoms with van der Waals surface area (Å²) in [5.41, 5.74) is -1.64. The van der Waals surface area contributed by atoms with Crippen LogP contribution in [0.15, 0.2) is 0 Å². The first-order chi connectivity index (χ1) is 8.17. The maximum Gasteiger partial charge on any atom is 0.471 e. The standard InChI is InChI=1S/C9H9F3N2O4/c10-9(11,12)6(16)14-2-4-8(3-14,7(17)18)1-5(15)13-4/h4H,1-3H2,(H,13,15)(H,17,18)/t4-,8-/m1/s1. The van der Waals surface area contributed by atoms with Crippen LogP contribution in [0.4, 0.5) is 13.2 Å². The van der Waals surface area contributed by atoms with Gasteiger partial charge in [0.05, 0.1) is 6.04 Å². The summed E-state index contributed by atoms with van der Waals surface area (Å²) in [5.74, 6) is -3.98. The molecule has 2 atom stereocenters. The highest BCUT2D eigenvalue weighted by Gasteiger charge is 2.61. The van der Waals surface area contributed by atoms with Crippen molar-refractivity contribution in [3.05, 3.63) is 0 Å². The lowest BCUT2D eigenvalue weighted by Gasteiger charge is -2.21. The van der Waals surface area contributed by atoms with Gasteiger partial charge in [-0.25, -0.2) is 0 Å². The molecule has 2 heterocycles. The number of nitrogens with one attached hydrogen (secondary N) is 1. The molecule has 0 unspecified atom stereocenters. The average Bonchev–Trinajstić information content (AvgIpc) is 2.68. The summed E-state index contributed by atoms with van der Waals surface area (Å²) in [7, 11) is 0. The molecule has 0 bridgehead atoms. The van der Waals surface area contributed by atoms with Gasteiger partial charge in [-0.15, -0.1) is 0 Å². The van der Waals surface area contributed by atoms with Crippen LogP contribution in [-0.2, 0) is 14.4 Å². The van der Waals surface area contributed by atoms with Crippen molar-refractivity contribution < 1.29 is 32.7 Å². The normalized spacial score (nSPS) is 31.2. The van der Waals surface area contributed by atoms with Gasteiger partial charge in [0.1, 0.15) is 5.41 Å². The Kier molecular flexibility index (Phi) is 2.53. The summed E-state index contributed by atoms with van der Waals surface area (Å²) in [6.07, 6.45) is -5.45. The third-order valence-corrected chi connectivity index (χ3v) is 3.31. The van der Waals surface area contributed by atoms with E-state index in [9.17, 15) is 27.6 Å². The molecule has 2 aliphatic rings. The molecule has 2 fully saturated rings. The third kappa shape index (κ3) is 1.70. The Morgan fingerprint density at radius 1 is 1.44 bits per heavy atom. The lowest BCUT2D eigenvalue weighted by Crippen LogP contribution is -2.42. The van der Waals surface area contributed by atoms with Crippen molar-refractivity contribution in [1.29, 1.82) is 0 Å². The Hall–Kier alpha value is -1.80. The monoisotopic (exact) mass is 266 g/mol. The molecular formula is C9H9F3N2O4. The number of halogens is 3. The number of likely N-dealkylation sites (tertiary alicyclic amines) is 1. The SMILES string of the molecule is O=C1C[C@@]2(C(=O)O)CN(C(=O)C(F)(F)F)C[C@H]2N1. The molecule has 0 aromatic carbocycles. The van der Waals surface area contributed by atoms with Crippen LogP contribution in [0.25, 0.3) is 0 Å². The molecule has 2 aliphatic heterocycles. The van der Waals surface area contributed by atoms with E-state index in [1.54, 1.807) is 0 Å². The van der Waals surface area contributed by atoms with Crippen molar-refractivity contribution in [3.8, 4) is 0 Å². The topological polar surface area (TPSA) is 86.7 Å². The first-order valence-electron chi connectivity index (χ1n) is 5.06. The van der Waals surface area contributed by atoms with Gasteiger partial charge >= 0.3 is 18.1 Å².